The van der Waals surface area contributed by atoms with Crippen LogP contribution in [0.2, 0.25) is 0 Å². The number of hydrogen-bond acceptors (Lipinski definition) is 5. The number of fused-ring (bicyclic) bond motifs is 1. The van der Waals surface area contributed by atoms with Gasteiger partial charge in [-0.25, -0.2) is 9.78 Å². The molecule has 0 bridgehead atoms. The molecule has 0 aromatic heterocycles. The Balaban J connectivity index is 1.74. The van der Waals surface area contributed by atoms with Gasteiger partial charge in [-0.05, 0) is 23.1 Å². The highest BCUT2D eigenvalue weighted by Crippen LogP contribution is 2.77. The Bertz CT molecular complexity index is 876. The minimum Gasteiger partial charge on any atom is -0.497 e. The van der Waals surface area contributed by atoms with E-state index >= 15 is 0 Å². The van der Waals surface area contributed by atoms with Gasteiger partial charge in [-0.15, -0.1) is 0 Å². The van der Waals surface area contributed by atoms with E-state index in [-0.39, 0.29) is 16.3 Å². The topological polar surface area (TPSA) is 36.9 Å². The first-order chi connectivity index (χ1) is 13.7. The van der Waals surface area contributed by atoms with Crippen molar-refractivity contribution in [2.45, 2.75) is 57.2 Å². The minimum absolute atomic E-state index is 0.101. The Morgan fingerprint density at radius 3 is 2.31 bits per heavy atom. The van der Waals surface area contributed by atoms with Crippen molar-refractivity contribution in [1.82, 2.24) is 0 Å². The highest BCUT2D eigenvalue weighted by molar-refractivity contribution is 8.01. The SMILES string of the molecule is COc1cccc(C23OOC2(C(C)(C)C)C(C)(C)C(OCc2ccccc2)S3)c1. The smallest absolute Gasteiger partial charge is 0.209 e. The molecule has 4 rings (SSSR count). The molecule has 29 heavy (non-hydrogen) atoms. The van der Waals surface area contributed by atoms with E-state index in [1.807, 2.05) is 36.4 Å². The number of hydrogen-bond donors (Lipinski definition) is 0. The van der Waals surface area contributed by atoms with Crippen LogP contribution >= 0.6 is 11.8 Å². The lowest BCUT2D eigenvalue weighted by molar-refractivity contribution is -0.568. The zero-order valence-electron chi connectivity index (χ0n) is 18.0. The maximum absolute atomic E-state index is 6.48. The molecule has 2 aliphatic heterocycles. The molecule has 0 N–H and O–H groups in total. The molecule has 0 aliphatic carbocycles. The fourth-order valence-corrected chi connectivity index (χ4v) is 7.02. The predicted molar refractivity (Wildman–Crippen MR) is 115 cm³/mol. The molecule has 0 saturated carbocycles. The van der Waals surface area contributed by atoms with Gasteiger partial charge >= 0.3 is 0 Å². The summed E-state index contributed by atoms with van der Waals surface area (Å²) < 4.78 is 12.0. The summed E-state index contributed by atoms with van der Waals surface area (Å²) in [5, 5.41) is 0. The van der Waals surface area contributed by atoms with Gasteiger partial charge in [-0.1, -0.05) is 88.8 Å². The van der Waals surface area contributed by atoms with Crippen LogP contribution in [0.3, 0.4) is 0 Å². The van der Waals surface area contributed by atoms with Gasteiger partial charge in [0.2, 0.25) is 4.93 Å². The number of benzene rings is 2. The van der Waals surface area contributed by atoms with Crippen LogP contribution in [0.1, 0.15) is 45.7 Å². The third-order valence-corrected chi connectivity index (χ3v) is 8.13. The summed E-state index contributed by atoms with van der Waals surface area (Å²) in [5.41, 5.74) is 1.05. The summed E-state index contributed by atoms with van der Waals surface area (Å²) in [5.74, 6) is 0.808. The van der Waals surface area contributed by atoms with Crippen molar-refractivity contribution in [3.8, 4) is 5.75 Å². The Hall–Kier alpha value is -1.53. The predicted octanol–water partition coefficient (Wildman–Crippen LogP) is 5.91. The van der Waals surface area contributed by atoms with Crippen molar-refractivity contribution in [3.63, 3.8) is 0 Å². The maximum atomic E-state index is 6.48. The summed E-state index contributed by atoms with van der Waals surface area (Å²) in [6.45, 7) is 11.7. The molecular weight excluding hydrogens is 384 g/mol. The van der Waals surface area contributed by atoms with Crippen LogP contribution in [0.5, 0.6) is 5.75 Å². The van der Waals surface area contributed by atoms with Gasteiger partial charge in [-0.2, -0.15) is 0 Å². The van der Waals surface area contributed by atoms with Crippen LogP contribution in [-0.2, 0) is 26.1 Å². The highest BCUT2D eigenvalue weighted by Gasteiger charge is 2.83. The molecule has 2 aromatic carbocycles. The average Bonchev–Trinajstić information content (AvgIpc) is 2.80. The van der Waals surface area contributed by atoms with Crippen molar-refractivity contribution < 1.29 is 19.2 Å². The van der Waals surface area contributed by atoms with Gasteiger partial charge in [-0.3, -0.25) is 0 Å². The molecule has 2 aliphatic rings. The maximum Gasteiger partial charge on any atom is 0.209 e. The van der Waals surface area contributed by atoms with Crippen LogP contribution in [0.25, 0.3) is 0 Å². The molecule has 3 atom stereocenters. The molecule has 2 fully saturated rings. The van der Waals surface area contributed by atoms with Crippen LogP contribution in [0.15, 0.2) is 54.6 Å². The lowest BCUT2D eigenvalue weighted by Crippen LogP contribution is -2.72. The molecule has 156 valence electrons. The second-order valence-corrected chi connectivity index (χ2v) is 10.7. The fourth-order valence-electron chi connectivity index (χ4n) is 5.02. The zero-order valence-corrected chi connectivity index (χ0v) is 18.8. The summed E-state index contributed by atoms with van der Waals surface area (Å²) >= 11 is 1.71. The van der Waals surface area contributed by atoms with E-state index in [2.05, 4.69) is 52.8 Å². The van der Waals surface area contributed by atoms with Crippen LogP contribution in [0, 0.1) is 10.8 Å². The van der Waals surface area contributed by atoms with Crippen molar-refractivity contribution in [2.24, 2.45) is 10.8 Å². The molecule has 3 unspecified atom stereocenters. The number of rotatable bonds is 5. The summed E-state index contributed by atoms with van der Waals surface area (Å²) in [7, 11) is 1.68. The second-order valence-electron chi connectivity index (χ2n) is 9.41. The molecule has 2 heterocycles. The molecule has 0 spiro atoms. The van der Waals surface area contributed by atoms with Gasteiger partial charge in [0.15, 0.2) is 5.60 Å². The van der Waals surface area contributed by atoms with Gasteiger partial charge in [0.1, 0.15) is 11.2 Å². The third-order valence-electron chi connectivity index (χ3n) is 6.27. The first-order valence-corrected chi connectivity index (χ1v) is 10.9. The standard InChI is InChI=1S/C24H30O4S/c1-21(2,3)24-22(4,5)20(26-16-17-11-8-7-9-12-17)29-23(24,27-28-24)18-13-10-14-19(15-18)25-6/h7-15,20H,16H2,1-6H3. The normalized spacial score (nSPS) is 30.5. The highest BCUT2D eigenvalue weighted by atomic mass is 32.2. The van der Waals surface area contributed by atoms with E-state index in [4.69, 9.17) is 19.2 Å². The summed E-state index contributed by atoms with van der Waals surface area (Å²) in [4.78, 5) is 11.4. The van der Waals surface area contributed by atoms with Crippen molar-refractivity contribution in [1.29, 1.82) is 0 Å². The minimum atomic E-state index is -0.662. The van der Waals surface area contributed by atoms with Gasteiger partial charge in [0.25, 0.3) is 0 Å². The van der Waals surface area contributed by atoms with Gasteiger partial charge in [0, 0.05) is 11.0 Å². The Labute approximate surface area is 177 Å². The van der Waals surface area contributed by atoms with Gasteiger partial charge < -0.3 is 9.47 Å². The van der Waals surface area contributed by atoms with Crippen molar-refractivity contribution in [3.05, 3.63) is 65.7 Å². The van der Waals surface area contributed by atoms with E-state index in [1.54, 1.807) is 18.9 Å². The van der Waals surface area contributed by atoms with E-state index in [9.17, 15) is 0 Å². The van der Waals surface area contributed by atoms with Crippen LogP contribution in [0.4, 0.5) is 0 Å². The second kappa shape index (κ2) is 7.02. The largest absolute Gasteiger partial charge is 0.497 e. The summed E-state index contributed by atoms with van der Waals surface area (Å²) in [6.07, 6.45) is 0. The van der Waals surface area contributed by atoms with E-state index in [0.29, 0.717) is 6.61 Å². The lowest BCUT2D eigenvalue weighted by Gasteiger charge is -2.62. The van der Waals surface area contributed by atoms with Crippen molar-refractivity contribution >= 4 is 11.8 Å². The van der Waals surface area contributed by atoms with Crippen molar-refractivity contribution in [2.75, 3.05) is 7.11 Å². The molecule has 2 saturated heterocycles. The lowest BCUT2D eigenvalue weighted by atomic mass is 9.57. The Morgan fingerprint density at radius 1 is 1.00 bits per heavy atom. The third kappa shape index (κ3) is 2.86. The van der Waals surface area contributed by atoms with E-state index < -0.39 is 10.5 Å². The number of methoxy groups -OCH3 is 1. The Morgan fingerprint density at radius 2 is 1.72 bits per heavy atom. The molecule has 2 aromatic rings. The van der Waals surface area contributed by atoms with Crippen LogP contribution < -0.4 is 4.74 Å². The number of thioether (sulfide) groups is 1. The van der Waals surface area contributed by atoms with E-state index in [0.717, 1.165) is 16.9 Å². The number of ether oxygens (including phenoxy) is 2. The van der Waals surface area contributed by atoms with E-state index in [1.165, 1.54) is 0 Å². The average molecular weight is 415 g/mol. The molecule has 5 heteroatoms. The Kier molecular flexibility index (Phi) is 5.02. The molecule has 4 nitrogen and oxygen atoms in total. The molecule has 0 radical (unpaired) electrons. The van der Waals surface area contributed by atoms with Crippen LogP contribution in [-0.4, -0.2) is 18.1 Å². The molecule has 0 amide bonds. The monoisotopic (exact) mass is 414 g/mol. The quantitative estimate of drug-likeness (QED) is 0.569. The first-order valence-electron chi connectivity index (χ1n) is 10.0. The summed E-state index contributed by atoms with van der Waals surface area (Å²) in [6, 6.07) is 18.4. The zero-order chi connectivity index (χ0) is 20.9. The first kappa shape index (κ1) is 20.7. The molecular formula is C24H30O4S. The fraction of sp³-hybridized carbons (Fsp3) is 0.500. The van der Waals surface area contributed by atoms with Gasteiger partial charge in [0.05, 0.1) is 13.7 Å².